The minimum absolute atomic E-state index is 0.742. The Kier molecular flexibility index (Phi) is 10.0. The molecule has 0 N–H and O–H groups in total. The van der Waals surface area contributed by atoms with Gasteiger partial charge in [0, 0.05) is 0 Å². The van der Waals surface area contributed by atoms with Crippen LogP contribution in [0.5, 0.6) is 0 Å². The Morgan fingerprint density at radius 3 is 1.90 bits per heavy atom. The highest BCUT2D eigenvalue weighted by atomic mass is 15.2. The summed E-state index contributed by atoms with van der Waals surface area (Å²) in [5.41, 5.74) is 5.08. The fourth-order valence-corrected chi connectivity index (χ4v) is 4.76. The number of unbranched alkanes of at least 4 members (excludes halogenated alkanes) is 3. The third-order valence-electron chi connectivity index (χ3n) is 6.72. The van der Waals surface area contributed by atoms with E-state index in [1.807, 2.05) is 12.4 Å². The lowest BCUT2D eigenvalue weighted by atomic mass is 9.77. The van der Waals surface area contributed by atoms with Gasteiger partial charge in [0.25, 0.3) is 0 Å². The molecule has 0 unspecified atom stereocenters. The highest BCUT2D eigenvalue weighted by molar-refractivity contribution is 5.82. The second kappa shape index (κ2) is 13.2. The highest BCUT2D eigenvalue weighted by Crippen LogP contribution is 2.37. The second-order valence-electron chi connectivity index (χ2n) is 9.21. The molecule has 0 bridgehead atoms. The van der Waals surface area contributed by atoms with Gasteiger partial charge in [-0.25, -0.2) is 0 Å². The van der Waals surface area contributed by atoms with Crippen molar-refractivity contribution in [2.24, 2.45) is 16.1 Å². The van der Waals surface area contributed by atoms with Crippen molar-refractivity contribution < 1.29 is 0 Å². The Hall–Kier alpha value is -2.22. The Bertz CT molecular complexity index is 794. The second-order valence-corrected chi connectivity index (χ2v) is 9.21. The number of rotatable bonds is 11. The van der Waals surface area contributed by atoms with Crippen molar-refractivity contribution in [1.82, 2.24) is 0 Å². The summed E-state index contributed by atoms with van der Waals surface area (Å²) in [6, 6.07) is 17.5. The molecule has 3 rings (SSSR count). The third-order valence-corrected chi connectivity index (χ3v) is 6.72. The SMILES string of the molecule is CCCCCCC1CCC(c2ccc(/C=N/N=C/c3ccc(CCC)cc3)cc2)CC1. The summed E-state index contributed by atoms with van der Waals surface area (Å²) in [4.78, 5) is 0. The molecule has 0 atom stereocenters. The van der Waals surface area contributed by atoms with Crippen LogP contribution in [0.3, 0.4) is 0 Å². The predicted molar refractivity (Wildman–Crippen MR) is 136 cm³/mol. The predicted octanol–water partition coefficient (Wildman–Crippen LogP) is 8.34. The topological polar surface area (TPSA) is 24.7 Å². The van der Waals surface area contributed by atoms with Crippen molar-refractivity contribution in [3.05, 3.63) is 70.8 Å². The van der Waals surface area contributed by atoms with Gasteiger partial charge in [0.2, 0.25) is 0 Å². The fourth-order valence-electron chi connectivity index (χ4n) is 4.76. The maximum absolute atomic E-state index is 4.23. The van der Waals surface area contributed by atoms with Crippen LogP contribution >= 0.6 is 0 Å². The number of benzene rings is 2. The van der Waals surface area contributed by atoms with Crippen molar-refractivity contribution in [3.63, 3.8) is 0 Å². The molecule has 2 heteroatoms. The third kappa shape index (κ3) is 8.09. The van der Waals surface area contributed by atoms with Crippen molar-refractivity contribution >= 4 is 12.4 Å². The van der Waals surface area contributed by atoms with Crippen LogP contribution in [0.2, 0.25) is 0 Å². The number of nitrogens with zero attached hydrogens (tertiary/aromatic N) is 2. The van der Waals surface area contributed by atoms with E-state index < -0.39 is 0 Å². The van der Waals surface area contributed by atoms with Gasteiger partial charge in [-0.3, -0.25) is 0 Å². The average molecular weight is 417 g/mol. The molecule has 0 heterocycles. The van der Waals surface area contributed by atoms with E-state index in [4.69, 9.17) is 0 Å². The Morgan fingerprint density at radius 1 is 0.710 bits per heavy atom. The summed E-state index contributed by atoms with van der Waals surface area (Å²) in [5.74, 6) is 1.71. The number of hydrogen-bond acceptors (Lipinski definition) is 2. The summed E-state index contributed by atoms with van der Waals surface area (Å²) < 4.78 is 0. The van der Waals surface area contributed by atoms with E-state index >= 15 is 0 Å². The standard InChI is InChI=1S/C29H40N2/c1-3-5-6-7-9-25-14-18-28(19-15-25)29-20-16-27(17-21-29)23-31-30-22-26-12-10-24(8-4-2)11-13-26/h10-13,16-17,20-23,25,28H,3-9,14-15,18-19H2,1-2H3/b30-22+,31-23+. The van der Waals surface area contributed by atoms with Gasteiger partial charge < -0.3 is 0 Å². The van der Waals surface area contributed by atoms with Crippen molar-refractivity contribution in [3.8, 4) is 0 Å². The van der Waals surface area contributed by atoms with Gasteiger partial charge in [0.1, 0.15) is 0 Å². The monoisotopic (exact) mass is 416 g/mol. The van der Waals surface area contributed by atoms with Gasteiger partial charge in [-0.15, -0.1) is 0 Å². The van der Waals surface area contributed by atoms with E-state index in [-0.39, 0.29) is 0 Å². The van der Waals surface area contributed by atoms with E-state index in [1.54, 1.807) is 0 Å². The molecule has 31 heavy (non-hydrogen) atoms. The van der Waals surface area contributed by atoms with E-state index in [9.17, 15) is 0 Å². The van der Waals surface area contributed by atoms with Crippen LogP contribution in [0, 0.1) is 5.92 Å². The lowest BCUT2D eigenvalue weighted by Gasteiger charge is -2.29. The van der Waals surface area contributed by atoms with Crippen LogP contribution < -0.4 is 0 Å². The minimum atomic E-state index is 0.742. The Morgan fingerprint density at radius 2 is 1.32 bits per heavy atom. The largest absolute Gasteiger partial charge is 0.159 e. The molecule has 0 aromatic heterocycles. The quantitative estimate of drug-likeness (QED) is 0.200. The first-order chi connectivity index (χ1) is 15.3. The molecule has 0 spiro atoms. The van der Waals surface area contributed by atoms with Crippen LogP contribution in [-0.4, -0.2) is 12.4 Å². The Labute approximate surface area is 189 Å². The molecule has 0 radical (unpaired) electrons. The van der Waals surface area contributed by atoms with Gasteiger partial charge in [-0.2, -0.15) is 10.2 Å². The maximum Gasteiger partial charge on any atom is 0.0568 e. The summed E-state index contributed by atoms with van der Waals surface area (Å²) >= 11 is 0. The minimum Gasteiger partial charge on any atom is -0.159 e. The average Bonchev–Trinajstić information content (AvgIpc) is 2.82. The first kappa shape index (κ1) is 23.4. The molecule has 0 amide bonds. The molecule has 0 saturated heterocycles. The Balaban J connectivity index is 1.42. The molecule has 1 aliphatic rings. The molecular formula is C29H40N2. The molecular weight excluding hydrogens is 376 g/mol. The molecule has 2 aromatic carbocycles. The van der Waals surface area contributed by atoms with E-state index in [1.165, 1.54) is 75.3 Å². The molecule has 1 aliphatic carbocycles. The van der Waals surface area contributed by atoms with Crippen molar-refractivity contribution in [2.45, 2.75) is 90.4 Å². The lowest BCUT2D eigenvalue weighted by molar-refractivity contribution is 0.302. The lowest BCUT2D eigenvalue weighted by Crippen LogP contribution is -2.13. The van der Waals surface area contributed by atoms with Crippen LogP contribution in [0.1, 0.15) is 106 Å². The number of aryl methyl sites for hydroxylation is 1. The molecule has 2 nitrogen and oxygen atoms in total. The zero-order valence-electron chi connectivity index (χ0n) is 19.6. The molecule has 1 fully saturated rings. The smallest absolute Gasteiger partial charge is 0.0568 e. The van der Waals surface area contributed by atoms with Gasteiger partial charge >= 0.3 is 0 Å². The summed E-state index contributed by atoms with van der Waals surface area (Å²) in [6.07, 6.45) is 18.6. The summed E-state index contributed by atoms with van der Waals surface area (Å²) in [7, 11) is 0. The fraction of sp³-hybridized carbons (Fsp3) is 0.517. The van der Waals surface area contributed by atoms with Crippen LogP contribution in [-0.2, 0) is 6.42 Å². The highest BCUT2D eigenvalue weighted by Gasteiger charge is 2.21. The first-order valence-electron chi connectivity index (χ1n) is 12.5. The van der Waals surface area contributed by atoms with Gasteiger partial charge in [-0.05, 0) is 66.2 Å². The van der Waals surface area contributed by atoms with Crippen LogP contribution in [0.25, 0.3) is 0 Å². The van der Waals surface area contributed by atoms with Crippen LogP contribution in [0.4, 0.5) is 0 Å². The van der Waals surface area contributed by atoms with E-state index in [0.717, 1.165) is 29.4 Å². The van der Waals surface area contributed by atoms with Gasteiger partial charge in [-0.1, -0.05) is 101 Å². The van der Waals surface area contributed by atoms with Crippen molar-refractivity contribution in [1.29, 1.82) is 0 Å². The normalized spacial score (nSPS) is 19.4. The molecule has 1 saturated carbocycles. The van der Waals surface area contributed by atoms with Gasteiger partial charge in [0.15, 0.2) is 0 Å². The summed E-state index contributed by atoms with van der Waals surface area (Å²) in [5, 5.41) is 8.45. The van der Waals surface area contributed by atoms with E-state index in [0.29, 0.717) is 0 Å². The zero-order valence-corrected chi connectivity index (χ0v) is 19.6. The molecule has 0 aliphatic heterocycles. The first-order valence-corrected chi connectivity index (χ1v) is 12.5. The van der Waals surface area contributed by atoms with E-state index in [2.05, 4.69) is 72.6 Å². The van der Waals surface area contributed by atoms with Crippen molar-refractivity contribution in [2.75, 3.05) is 0 Å². The molecule has 2 aromatic rings. The zero-order chi connectivity index (χ0) is 21.7. The number of hydrogen-bond donors (Lipinski definition) is 0. The maximum atomic E-state index is 4.23. The van der Waals surface area contributed by atoms with Gasteiger partial charge in [0.05, 0.1) is 12.4 Å². The molecule has 166 valence electrons. The van der Waals surface area contributed by atoms with Crippen LogP contribution in [0.15, 0.2) is 58.7 Å². The summed E-state index contributed by atoms with van der Waals surface area (Å²) in [6.45, 7) is 4.50.